The quantitative estimate of drug-likeness (QED) is 0.880. The van der Waals surface area contributed by atoms with Gasteiger partial charge >= 0.3 is 0 Å². The average Bonchev–Trinajstić information content (AvgIpc) is 3.16. The smallest absolute Gasteiger partial charge is 0.243 e. The zero-order valence-electron chi connectivity index (χ0n) is 12.4. The lowest BCUT2D eigenvalue weighted by Crippen LogP contribution is -2.53. The van der Waals surface area contributed by atoms with Crippen LogP contribution in [-0.4, -0.2) is 44.7 Å². The summed E-state index contributed by atoms with van der Waals surface area (Å²) in [7, 11) is 1.87. The first-order valence-electron chi connectivity index (χ1n) is 7.58. The fourth-order valence-corrected chi connectivity index (χ4v) is 3.42. The molecule has 1 fully saturated rings. The molecular formula is C14H23N5O. The van der Waals surface area contributed by atoms with Gasteiger partial charge < -0.3 is 14.8 Å². The molecule has 1 aromatic rings. The molecule has 0 radical (unpaired) electrons. The van der Waals surface area contributed by atoms with Crippen molar-refractivity contribution in [3.05, 3.63) is 11.6 Å². The molecule has 6 nitrogen and oxygen atoms in total. The van der Waals surface area contributed by atoms with Gasteiger partial charge in [-0.2, -0.15) is 0 Å². The molecule has 6 heteroatoms. The van der Waals surface area contributed by atoms with Crippen LogP contribution in [-0.2, 0) is 24.3 Å². The van der Waals surface area contributed by atoms with Crippen molar-refractivity contribution in [3.63, 3.8) is 0 Å². The van der Waals surface area contributed by atoms with E-state index in [-0.39, 0.29) is 11.4 Å². The predicted molar refractivity (Wildman–Crippen MR) is 75.1 cm³/mol. The molecule has 1 N–H and O–H groups in total. The number of nitrogens with one attached hydrogen (secondary N) is 1. The summed E-state index contributed by atoms with van der Waals surface area (Å²) in [5.74, 6) is 2.16. The maximum absolute atomic E-state index is 12.7. The highest BCUT2D eigenvalue weighted by Gasteiger charge is 2.41. The fourth-order valence-electron chi connectivity index (χ4n) is 3.42. The van der Waals surface area contributed by atoms with Gasteiger partial charge in [-0.3, -0.25) is 4.79 Å². The molecule has 1 unspecified atom stereocenters. The number of hydrogen-bond acceptors (Lipinski definition) is 4. The first kappa shape index (κ1) is 13.5. The van der Waals surface area contributed by atoms with E-state index in [0.717, 1.165) is 56.8 Å². The highest BCUT2D eigenvalue weighted by atomic mass is 16.2. The number of carbonyl (C=O) groups is 1. The van der Waals surface area contributed by atoms with E-state index >= 15 is 0 Å². The topological polar surface area (TPSA) is 63.1 Å². The van der Waals surface area contributed by atoms with E-state index in [1.807, 2.05) is 7.05 Å². The van der Waals surface area contributed by atoms with Gasteiger partial charge in [0.15, 0.2) is 5.82 Å². The second-order valence-electron chi connectivity index (χ2n) is 5.91. The molecule has 20 heavy (non-hydrogen) atoms. The molecule has 2 aliphatic heterocycles. The third-order valence-corrected chi connectivity index (χ3v) is 4.67. The van der Waals surface area contributed by atoms with Crippen molar-refractivity contribution < 1.29 is 4.79 Å². The second kappa shape index (κ2) is 5.16. The third-order valence-electron chi connectivity index (χ3n) is 4.67. The second-order valence-corrected chi connectivity index (χ2v) is 5.91. The fraction of sp³-hybridized carbons (Fsp3) is 0.786. The zero-order chi connectivity index (χ0) is 14.2. The Morgan fingerprint density at radius 1 is 1.45 bits per heavy atom. The highest BCUT2D eigenvalue weighted by molar-refractivity contribution is 5.86. The summed E-state index contributed by atoms with van der Waals surface area (Å²) >= 11 is 0. The lowest BCUT2D eigenvalue weighted by molar-refractivity contribution is -0.137. The van der Waals surface area contributed by atoms with Gasteiger partial charge in [0.05, 0.1) is 12.1 Å². The van der Waals surface area contributed by atoms with Gasteiger partial charge in [0.25, 0.3) is 0 Å². The number of amides is 1. The summed E-state index contributed by atoms with van der Waals surface area (Å²) in [5.41, 5.74) is -0.359. The summed E-state index contributed by atoms with van der Waals surface area (Å²) < 4.78 is 2.16. The zero-order valence-corrected chi connectivity index (χ0v) is 12.4. The molecule has 0 bridgehead atoms. The molecule has 0 saturated carbocycles. The van der Waals surface area contributed by atoms with Crippen LogP contribution in [0.25, 0.3) is 0 Å². The molecule has 3 rings (SSSR count). The number of aromatic nitrogens is 3. The van der Waals surface area contributed by atoms with Crippen LogP contribution >= 0.6 is 0 Å². The third kappa shape index (κ3) is 2.12. The van der Waals surface area contributed by atoms with Gasteiger partial charge in [0.2, 0.25) is 5.91 Å². The van der Waals surface area contributed by atoms with Gasteiger partial charge in [-0.15, -0.1) is 10.2 Å². The molecule has 3 heterocycles. The Labute approximate surface area is 119 Å². The van der Waals surface area contributed by atoms with Crippen molar-refractivity contribution in [1.82, 2.24) is 25.0 Å². The minimum atomic E-state index is -0.359. The number of fused-ring (bicyclic) bond motifs is 1. The van der Waals surface area contributed by atoms with Gasteiger partial charge in [0, 0.05) is 20.0 Å². The Morgan fingerprint density at radius 3 is 3.00 bits per heavy atom. The van der Waals surface area contributed by atoms with Crippen LogP contribution in [0.3, 0.4) is 0 Å². The molecule has 1 atom stereocenters. The summed E-state index contributed by atoms with van der Waals surface area (Å²) in [6, 6.07) is 0. The van der Waals surface area contributed by atoms with Crippen molar-refractivity contribution in [2.24, 2.45) is 0 Å². The van der Waals surface area contributed by atoms with E-state index in [0.29, 0.717) is 6.54 Å². The van der Waals surface area contributed by atoms with Crippen LogP contribution in [0.15, 0.2) is 0 Å². The van der Waals surface area contributed by atoms with Crippen LogP contribution in [0.2, 0.25) is 0 Å². The van der Waals surface area contributed by atoms with Crippen molar-refractivity contribution in [2.75, 3.05) is 13.6 Å². The van der Waals surface area contributed by atoms with Crippen molar-refractivity contribution in [3.8, 4) is 0 Å². The van der Waals surface area contributed by atoms with E-state index in [1.165, 1.54) is 0 Å². The monoisotopic (exact) mass is 277 g/mol. The summed E-state index contributed by atoms with van der Waals surface area (Å²) in [6.45, 7) is 4.55. The molecule has 110 valence electrons. The molecule has 1 aromatic heterocycles. The number of carbonyl (C=O) groups excluding carboxylic acids is 1. The van der Waals surface area contributed by atoms with Crippen LogP contribution < -0.4 is 5.32 Å². The SMILES string of the molecule is CCC1(C(=O)N(C)Cc2nnc3n2CCC3)CCCN1. The largest absolute Gasteiger partial charge is 0.337 e. The first-order chi connectivity index (χ1) is 9.66. The number of nitrogens with zero attached hydrogens (tertiary/aromatic N) is 4. The number of likely N-dealkylation sites (N-methyl/N-ethyl adjacent to an activating group) is 1. The molecule has 1 saturated heterocycles. The van der Waals surface area contributed by atoms with Crippen molar-refractivity contribution in [1.29, 1.82) is 0 Å². The lowest BCUT2D eigenvalue weighted by Gasteiger charge is -2.31. The van der Waals surface area contributed by atoms with Gasteiger partial charge in [-0.05, 0) is 32.2 Å². The minimum Gasteiger partial charge on any atom is -0.337 e. The molecule has 0 aliphatic carbocycles. The molecule has 0 spiro atoms. The Hall–Kier alpha value is -1.43. The van der Waals surface area contributed by atoms with Gasteiger partial charge in [-0.25, -0.2) is 0 Å². The van der Waals surface area contributed by atoms with E-state index < -0.39 is 0 Å². The van der Waals surface area contributed by atoms with E-state index in [1.54, 1.807) is 4.90 Å². The maximum atomic E-state index is 12.7. The first-order valence-corrected chi connectivity index (χ1v) is 7.58. The average molecular weight is 277 g/mol. The van der Waals surface area contributed by atoms with Gasteiger partial charge in [0.1, 0.15) is 5.82 Å². The van der Waals surface area contributed by atoms with Crippen LogP contribution in [0.4, 0.5) is 0 Å². The minimum absolute atomic E-state index is 0.188. The Kier molecular flexibility index (Phi) is 3.50. The number of rotatable bonds is 4. The molecule has 0 aromatic carbocycles. The predicted octanol–water partition coefficient (Wildman–Crippen LogP) is 0.715. The lowest BCUT2D eigenvalue weighted by atomic mass is 9.92. The number of hydrogen-bond donors (Lipinski definition) is 1. The highest BCUT2D eigenvalue weighted by Crippen LogP contribution is 2.26. The van der Waals surface area contributed by atoms with E-state index in [4.69, 9.17) is 0 Å². The Bertz CT molecular complexity index is 504. The number of aryl methyl sites for hydroxylation is 1. The molecule has 2 aliphatic rings. The van der Waals surface area contributed by atoms with E-state index in [2.05, 4.69) is 27.0 Å². The van der Waals surface area contributed by atoms with Crippen LogP contribution in [0, 0.1) is 0 Å². The summed E-state index contributed by atoms with van der Waals surface area (Å²) in [5, 5.41) is 11.8. The van der Waals surface area contributed by atoms with Crippen molar-refractivity contribution in [2.45, 2.75) is 57.7 Å². The molecular weight excluding hydrogens is 254 g/mol. The maximum Gasteiger partial charge on any atom is 0.243 e. The molecule has 1 amide bonds. The standard InChI is InChI=1S/C14H23N5O/c1-3-14(7-5-8-15-14)13(20)18(2)10-12-17-16-11-6-4-9-19(11)12/h15H,3-10H2,1-2H3. The Balaban J connectivity index is 1.72. The van der Waals surface area contributed by atoms with Crippen LogP contribution in [0.1, 0.15) is 44.3 Å². The normalized spacial score (nSPS) is 24.9. The summed E-state index contributed by atoms with van der Waals surface area (Å²) in [4.78, 5) is 14.5. The van der Waals surface area contributed by atoms with Crippen LogP contribution in [0.5, 0.6) is 0 Å². The van der Waals surface area contributed by atoms with Crippen molar-refractivity contribution >= 4 is 5.91 Å². The van der Waals surface area contributed by atoms with Gasteiger partial charge in [-0.1, -0.05) is 6.92 Å². The van der Waals surface area contributed by atoms with E-state index in [9.17, 15) is 4.79 Å². The Morgan fingerprint density at radius 2 is 2.30 bits per heavy atom. The summed E-state index contributed by atoms with van der Waals surface area (Å²) in [6.07, 6.45) is 4.99.